The quantitative estimate of drug-likeness (QED) is 0.839. The number of rotatable bonds is 5. The van der Waals surface area contributed by atoms with E-state index in [1.54, 1.807) is 17.8 Å². The molecule has 0 aromatic heterocycles. The van der Waals surface area contributed by atoms with Crippen LogP contribution in [0.4, 0.5) is 4.39 Å². The molecule has 0 saturated heterocycles. The molecule has 100 valence electrons. The fourth-order valence-corrected chi connectivity index (χ4v) is 2.76. The minimum absolute atomic E-state index is 0.0365. The van der Waals surface area contributed by atoms with E-state index in [1.165, 1.54) is 12.1 Å². The van der Waals surface area contributed by atoms with Crippen molar-refractivity contribution in [1.29, 1.82) is 0 Å². The Morgan fingerprint density at radius 3 is 2.58 bits per heavy atom. The SMILES string of the molecule is NC(CSc1cccc(F)c1)Cc1ccc(Cl)cc1. The Morgan fingerprint density at radius 1 is 1.16 bits per heavy atom. The van der Waals surface area contributed by atoms with Crippen LogP contribution in [0.5, 0.6) is 0 Å². The summed E-state index contributed by atoms with van der Waals surface area (Å²) in [5.74, 6) is 0.544. The van der Waals surface area contributed by atoms with Gasteiger partial charge in [-0.3, -0.25) is 0 Å². The van der Waals surface area contributed by atoms with Crippen LogP contribution in [-0.2, 0) is 6.42 Å². The van der Waals surface area contributed by atoms with Crippen molar-refractivity contribution in [3.05, 3.63) is 64.9 Å². The van der Waals surface area contributed by atoms with E-state index in [1.807, 2.05) is 30.3 Å². The van der Waals surface area contributed by atoms with Crippen molar-refractivity contribution in [3.63, 3.8) is 0 Å². The second-order valence-corrected chi connectivity index (χ2v) is 5.89. The summed E-state index contributed by atoms with van der Waals surface area (Å²) in [6.45, 7) is 0. The zero-order valence-electron chi connectivity index (χ0n) is 10.4. The Morgan fingerprint density at radius 2 is 1.89 bits per heavy atom. The molecule has 0 spiro atoms. The molecule has 0 aliphatic heterocycles. The summed E-state index contributed by atoms with van der Waals surface area (Å²) in [7, 11) is 0. The normalized spacial score (nSPS) is 12.4. The van der Waals surface area contributed by atoms with Crippen molar-refractivity contribution < 1.29 is 4.39 Å². The van der Waals surface area contributed by atoms with E-state index in [4.69, 9.17) is 17.3 Å². The molecule has 0 saturated carbocycles. The summed E-state index contributed by atoms with van der Waals surface area (Å²) in [5.41, 5.74) is 7.25. The van der Waals surface area contributed by atoms with Gasteiger partial charge >= 0.3 is 0 Å². The molecule has 2 N–H and O–H groups in total. The van der Waals surface area contributed by atoms with Gasteiger partial charge in [-0.1, -0.05) is 29.8 Å². The first-order valence-corrected chi connectivity index (χ1v) is 7.38. The molecule has 0 fully saturated rings. The average Bonchev–Trinajstić information content (AvgIpc) is 2.39. The molecule has 0 heterocycles. The first-order valence-electron chi connectivity index (χ1n) is 6.02. The molecule has 0 aliphatic rings. The molecule has 4 heteroatoms. The number of hydrogen-bond acceptors (Lipinski definition) is 2. The maximum atomic E-state index is 13.0. The monoisotopic (exact) mass is 295 g/mol. The van der Waals surface area contributed by atoms with Crippen molar-refractivity contribution in [2.24, 2.45) is 5.73 Å². The number of thioether (sulfide) groups is 1. The zero-order valence-corrected chi connectivity index (χ0v) is 11.9. The van der Waals surface area contributed by atoms with Crippen LogP contribution < -0.4 is 5.73 Å². The van der Waals surface area contributed by atoms with E-state index < -0.39 is 0 Å². The number of halogens is 2. The summed E-state index contributed by atoms with van der Waals surface area (Å²) >= 11 is 7.41. The molecule has 2 aromatic rings. The predicted octanol–water partition coefficient (Wildman–Crippen LogP) is 4.14. The third-order valence-electron chi connectivity index (χ3n) is 2.67. The maximum Gasteiger partial charge on any atom is 0.124 e. The minimum Gasteiger partial charge on any atom is -0.327 e. The third-order valence-corrected chi connectivity index (χ3v) is 4.11. The zero-order chi connectivity index (χ0) is 13.7. The average molecular weight is 296 g/mol. The van der Waals surface area contributed by atoms with E-state index in [2.05, 4.69) is 0 Å². The van der Waals surface area contributed by atoms with Crippen LogP contribution in [0.3, 0.4) is 0 Å². The third kappa shape index (κ3) is 4.86. The standard InChI is InChI=1S/C15H15ClFNS/c16-12-6-4-11(5-7-12)8-14(18)10-19-15-3-1-2-13(17)9-15/h1-7,9,14H,8,10,18H2. The Hall–Kier alpha value is -1.03. The molecule has 2 rings (SSSR count). The lowest BCUT2D eigenvalue weighted by Crippen LogP contribution is -2.25. The highest BCUT2D eigenvalue weighted by atomic mass is 35.5. The smallest absolute Gasteiger partial charge is 0.124 e. The molecule has 19 heavy (non-hydrogen) atoms. The summed E-state index contributed by atoms with van der Waals surface area (Å²) in [4.78, 5) is 0.909. The van der Waals surface area contributed by atoms with E-state index in [-0.39, 0.29) is 11.9 Å². The van der Waals surface area contributed by atoms with Gasteiger partial charge in [0.2, 0.25) is 0 Å². The van der Waals surface area contributed by atoms with Crippen LogP contribution in [0.25, 0.3) is 0 Å². The molecule has 0 bridgehead atoms. The minimum atomic E-state index is -0.212. The van der Waals surface area contributed by atoms with Crippen molar-refractivity contribution in [2.45, 2.75) is 17.4 Å². The van der Waals surface area contributed by atoms with Gasteiger partial charge in [-0.15, -0.1) is 11.8 Å². The summed E-state index contributed by atoms with van der Waals surface area (Å²) in [6, 6.07) is 14.3. The molecule has 0 amide bonds. The predicted molar refractivity (Wildman–Crippen MR) is 80.3 cm³/mol. The van der Waals surface area contributed by atoms with Crippen molar-refractivity contribution >= 4 is 23.4 Å². The molecule has 2 aromatic carbocycles. The van der Waals surface area contributed by atoms with Gasteiger partial charge in [0.05, 0.1) is 0 Å². The first-order chi connectivity index (χ1) is 9.13. The lowest BCUT2D eigenvalue weighted by Gasteiger charge is -2.11. The molecule has 1 atom stereocenters. The van der Waals surface area contributed by atoms with Gasteiger partial charge in [0, 0.05) is 21.7 Å². The Labute approximate surface area is 122 Å². The Bertz CT molecular complexity index is 530. The highest BCUT2D eigenvalue weighted by Crippen LogP contribution is 2.20. The molecule has 0 aliphatic carbocycles. The fraction of sp³-hybridized carbons (Fsp3) is 0.200. The van der Waals surface area contributed by atoms with E-state index in [9.17, 15) is 4.39 Å². The maximum absolute atomic E-state index is 13.0. The number of nitrogens with two attached hydrogens (primary N) is 1. The molecule has 1 nitrogen and oxygen atoms in total. The van der Waals surface area contributed by atoms with E-state index in [0.717, 1.165) is 27.7 Å². The Balaban J connectivity index is 1.84. The second kappa shape index (κ2) is 6.94. The lowest BCUT2D eigenvalue weighted by molar-refractivity contribution is 0.624. The highest BCUT2D eigenvalue weighted by molar-refractivity contribution is 7.99. The van der Waals surface area contributed by atoms with Crippen molar-refractivity contribution in [1.82, 2.24) is 0 Å². The molecule has 0 radical (unpaired) electrons. The molecular weight excluding hydrogens is 281 g/mol. The first kappa shape index (κ1) is 14.4. The number of benzene rings is 2. The van der Waals surface area contributed by atoms with Crippen LogP contribution >= 0.6 is 23.4 Å². The van der Waals surface area contributed by atoms with Crippen molar-refractivity contribution in [3.8, 4) is 0 Å². The van der Waals surface area contributed by atoms with Crippen LogP contribution in [0.1, 0.15) is 5.56 Å². The van der Waals surface area contributed by atoms with Gasteiger partial charge < -0.3 is 5.73 Å². The number of hydrogen-bond donors (Lipinski definition) is 1. The lowest BCUT2D eigenvalue weighted by atomic mass is 10.1. The van der Waals surface area contributed by atoms with Gasteiger partial charge in [0.15, 0.2) is 0 Å². The van der Waals surface area contributed by atoms with Gasteiger partial charge in [0.1, 0.15) is 5.82 Å². The highest BCUT2D eigenvalue weighted by Gasteiger charge is 2.06. The summed E-state index contributed by atoms with van der Waals surface area (Å²) in [6.07, 6.45) is 0.791. The summed E-state index contributed by atoms with van der Waals surface area (Å²) < 4.78 is 13.0. The Kier molecular flexibility index (Phi) is 5.25. The second-order valence-electron chi connectivity index (χ2n) is 4.36. The fourth-order valence-electron chi connectivity index (χ4n) is 1.74. The largest absolute Gasteiger partial charge is 0.327 e. The van der Waals surface area contributed by atoms with Crippen molar-refractivity contribution in [2.75, 3.05) is 5.75 Å². The van der Waals surface area contributed by atoms with E-state index >= 15 is 0 Å². The van der Waals surface area contributed by atoms with Crippen LogP contribution in [0.2, 0.25) is 5.02 Å². The topological polar surface area (TPSA) is 26.0 Å². The molecular formula is C15H15ClFNS. The van der Waals surface area contributed by atoms with Crippen LogP contribution in [-0.4, -0.2) is 11.8 Å². The van der Waals surface area contributed by atoms with Gasteiger partial charge in [0.25, 0.3) is 0 Å². The summed E-state index contributed by atoms with van der Waals surface area (Å²) in [5, 5.41) is 0.728. The van der Waals surface area contributed by atoms with Crippen LogP contribution in [0, 0.1) is 5.82 Å². The van der Waals surface area contributed by atoms with Crippen LogP contribution in [0.15, 0.2) is 53.4 Å². The molecule has 1 unspecified atom stereocenters. The van der Waals surface area contributed by atoms with Gasteiger partial charge in [-0.05, 0) is 42.3 Å². The van der Waals surface area contributed by atoms with E-state index in [0.29, 0.717) is 0 Å². The van der Waals surface area contributed by atoms with Gasteiger partial charge in [-0.25, -0.2) is 4.39 Å². The van der Waals surface area contributed by atoms with Gasteiger partial charge in [-0.2, -0.15) is 0 Å².